The first-order valence-electron chi connectivity index (χ1n) is 9.28. The van der Waals surface area contributed by atoms with Crippen molar-refractivity contribution < 1.29 is 22.3 Å². The first-order chi connectivity index (χ1) is 13.6. The number of carbonyl (C=O) groups is 1. The molecule has 0 saturated heterocycles. The molecular formula is C21H27FN2O4S. The molecule has 0 fully saturated rings. The Morgan fingerprint density at radius 3 is 2.31 bits per heavy atom. The Hall–Kier alpha value is -2.61. The number of halogens is 1. The maximum absolute atomic E-state index is 13.2. The number of benzene rings is 2. The van der Waals surface area contributed by atoms with Crippen LogP contribution in [0.4, 0.5) is 10.1 Å². The average molecular weight is 423 g/mol. The van der Waals surface area contributed by atoms with Crippen LogP contribution in [0.2, 0.25) is 0 Å². The van der Waals surface area contributed by atoms with Gasteiger partial charge in [0.2, 0.25) is 15.9 Å². The van der Waals surface area contributed by atoms with E-state index in [2.05, 4.69) is 5.32 Å². The van der Waals surface area contributed by atoms with Gasteiger partial charge < -0.3 is 10.1 Å². The molecule has 2 aromatic carbocycles. The lowest BCUT2D eigenvalue weighted by Crippen LogP contribution is -2.48. The summed E-state index contributed by atoms with van der Waals surface area (Å²) in [6.07, 6.45) is 1.64. The number of aryl methyl sites for hydroxylation is 1. The van der Waals surface area contributed by atoms with E-state index in [4.69, 9.17) is 4.74 Å². The molecule has 0 heterocycles. The van der Waals surface area contributed by atoms with Crippen LogP contribution < -0.4 is 14.4 Å². The molecule has 0 radical (unpaired) electrons. The number of anilines is 1. The van der Waals surface area contributed by atoms with Gasteiger partial charge in [0.1, 0.15) is 17.6 Å². The molecule has 8 heteroatoms. The highest BCUT2D eigenvalue weighted by atomic mass is 32.2. The highest BCUT2D eigenvalue weighted by molar-refractivity contribution is 7.92. The molecule has 6 nitrogen and oxygen atoms in total. The van der Waals surface area contributed by atoms with Gasteiger partial charge in [-0.25, -0.2) is 12.8 Å². The minimum absolute atomic E-state index is 0.227. The Balaban J connectivity index is 2.28. The lowest BCUT2D eigenvalue weighted by Gasteiger charge is -2.30. The summed E-state index contributed by atoms with van der Waals surface area (Å²) < 4.78 is 44.2. The van der Waals surface area contributed by atoms with Gasteiger partial charge in [-0.1, -0.05) is 19.1 Å². The third-order valence-corrected chi connectivity index (χ3v) is 5.96. The molecule has 0 spiro atoms. The molecule has 0 saturated carbocycles. The van der Waals surface area contributed by atoms with Crippen LogP contribution in [-0.2, 0) is 14.8 Å². The summed E-state index contributed by atoms with van der Waals surface area (Å²) in [7, 11) is -2.17. The second-order valence-corrected chi connectivity index (χ2v) is 8.77. The van der Waals surface area contributed by atoms with E-state index in [0.717, 1.165) is 39.6 Å². The number of sulfonamides is 1. The molecule has 2 rings (SSSR count). The van der Waals surface area contributed by atoms with Gasteiger partial charge >= 0.3 is 0 Å². The van der Waals surface area contributed by atoms with Crippen LogP contribution in [0, 0.1) is 12.7 Å². The number of hydrogen-bond acceptors (Lipinski definition) is 4. The van der Waals surface area contributed by atoms with Crippen LogP contribution in [0.25, 0.3) is 0 Å². The monoisotopic (exact) mass is 422 g/mol. The van der Waals surface area contributed by atoms with E-state index in [1.807, 2.05) is 32.0 Å². The summed E-state index contributed by atoms with van der Waals surface area (Å²) in [5.41, 5.74) is 2.07. The van der Waals surface area contributed by atoms with Gasteiger partial charge in [0.05, 0.1) is 25.1 Å². The maximum atomic E-state index is 13.2. The molecular weight excluding hydrogens is 395 g/mol. The third kappa shape index (κ3) is 5.47. The Kier molecular flexibility index (Phi) is 7.24. The zero-order valence-corrected chi connectivity index (χ0v) is 18.1. The first kappa shape index (κ1) is 22.7. The number of amides is 1. The van der Waals surface area contributed by atoms with Gasteiger partial charge in [-0.05, 0) is 61.7 Å². The quantitative estimate of drug-likeness (QED) is 0.706. The van der Waals surface area contributed by atoms with Gasteiger partial charge in [0, 0.05) is 0 Å². The van der Waals surface area contributed by atoms with Gasteiger partial charge in [0.15, 0.2) is 0 Å². The van der Waals surface area contributed by atoms with Gasteiger partial charge in [0.25, 0.3) is 0 Å². The summed E-state index contributed by atoms with van der Waals surface area (Å²) in [4.78, 5) is 12.9. The summed E-state index contributed by atoms with van der Waals surface area (Å²) in [6, 6.07) is 9.35. The van der Waals surface area contributed by atoms with Crippen molar-refractivity contribution in [1.82, 2.24) is 5.32 Å². The van der Waals surface area contributed by atoms with Crippen molar-refractivity contribution >= 4 is 21.6 Å². The normalized spacial score (nSPS) is 13.4. The van der Waals surface area contributed by atoms with Crippen molar-refractivity contribution in [2.75, 3.05) is 17.7 Å². The van der Waals surface area contributed by atoms with Gasteiger partial charge in [-0.3, -0.25) is 9.10 Å². The van der Waals surface area contributed by atoms with Crippen molar-refractivity contribution in [3.63, 3.8) is 0 Å². The van der Waals surface area contributed by atoms with E-state index in [0.29, 0.717) is 6.42 Å². The fourth-order valence-corrected chi connectivity index (χ4v) is 4.40. The van der Waals surface area contributed by atoms with E-state index in [-0.39, 0.29) is 11.7 Å². The van der Waals surface area contributed by atoms with Crippen molar-refractivity contribution in [2.24, 2.45) is 0 Å². The van der Waals surface area contributed by atoms with E-state index in [9.17, 15) is 17.6 Å². The number of ether oxygens (including phenoxy) is 1. The Bertz CT molecular complexity index is 961. The molecule has 0 bridgehead atoms. The Morgan fingerprint density at radius 2 is 1.83 bits per heavy atom. The zero-order chi connectivity index (χ0) is 21.8. The van der Waals surface area contributed by atoms with E-state index in [1.165, 1.54) is 19.1 Å². The summed E-state index contributed by atoms with van der Waals surface area (Å²) in [5, 5.41) is 2.92. The van der Waals surface area contributed by atoms with Crippen molar-refractivity contribution in [2.45, 2.75) is 39.3 Å². The third-order valence-electron chi connectivity index (χ3n) is 4.72. The summed E-state index contributed by atoms with van der Waals surface area (Å²) >= 11 is 0. The summed E-state index contributed by atoms with van der Waals surface area (Å²) in [5.74, 6) is -0.178. The smallest absolute Gasteiger partial charge is 0.244 e. The second-order valence-electron chi connectivity index (χ2n) is 6.91. The molecule has 2 aromatic rings. The van der Waals surface area contributed by atoms with Crippen LogP contribution in [0.1, 0.15) is 37.4 Å². The molecule has 0 unspecified atom stereocenters. The zero-order valence-electron chi connectivity index (χ0n) is 17.3. The molecule has 1 amide bonds. The standard InChI is InChI=1S/C21H27FN2O4S/c1-6-19(16-7-12-20(28-4)14(2)13-16)23-21(25)15(3)24(29(5,26)27)18-10-8-17(22)9-11-18/h7-13,15,19H,6H2,1-5H3,(H,23,25)/t15-,19+/m0/s1. The van der Waals surface area contributed by atoms with E-state index < -0.39 is 27.8 Å². The summed E-state index contributed by atoms with van der Waals surface area (Å²) in [6.45, 7) is 5.36. The predicted molar refractivity (Wildman–Crippen MR) is 112 cm³/mol. The van der Waals surface area contributed by atoms with Crippen LogP contribution in [0.3, 0.4) is 0 Å². The minimum atomic E-state index is -3.76. The molecule has 158 valence electrons. The van der Waals surface area contributed by atoms with Crippen molar-refractivity contribution in [1.29, 1.82) is 0 Å². The van der Waals surface area contributed by atoms with Crippen molar-refractivity contribution in [3.8, 4) is 5.75 Å². The van der Waals surface area contributed by atoms with E-state index in [1.54, 1.807) is 7.11 Å². The molecule has 0 aliphatic carbocycles. The number of nitrogens with one attached hydrogen (secondary N) is 1. The minimum Gasteiger partial charge on any atom is -0.496 e. The fraction of sp³-hybridized carbons (Fsp3) is 0.381. The maximum Gasteiger partial charge on any atom is 0.244 e. The van der Waals surface area contributed by atoms with E-state index >= 15 is 0 Å². The number of carbonyl (C=O) groups excluding carboxylic acids is 1. The Labute approximate surface area is 171 Å². The molecule has 2 atom stereocenters. The molecule has 1 N–H and O–H groups in total. The predicted octanol–water partition coefficient (Wildman–Crippen LogP) is 3.56. The topological polar surface area (TPSA) is 75.7 Å². The second kappa shape index (κ2) is 9.26. The van der Waals surface area contributed by atoms with Crippen LogP contribution in [0.5, 0.6) is 5.75 Å². The van der Waals surface area contributed by atoms with Gasteiger partial charge in [-0.2, -0.15) is 0 Å². The SMILES string of the molecule is CC[C@@H](NC(=O)[C@H](C)N(c1ccc(F)cc1)S(C)(=O)=O)c1ccc(OC)c(C)c1. The lowest BCUT2D eigenvalue weighted by atomic mass is 10.0. The number of methoxy groups -OCH3 is 1. The number of nitrogens with zero attached hydrogens (tertiary/aromatic N) is 1. The van der Waals surface area contributed by atoms with Crippen LogP contribution in [0.15, 0.2) is 42.5 Å². The van der Waals surface area contributed by atoms with Crippen LogP contribution in [-0.4, -0.2) is 33.7 Å². The number of rotatable bonds is 8. The first-order valence-corrected chi connectivity index (χ1v) is 11.1. The highest BCUT2D eigenvalue weighted by Crippen LogP contribution is 2.25. The number of hydrogen-bond donors (Lipinski definition) is 1. The average Bonchev–Trinajstić information content (AvgIpc) is 2.66. The Morgan fingerprint density at radius 1 is 1.21 bits per heavy atom. The largest absolute Gasteiger partial charge is 0.496 e. The highest BCUT2D eigenvalue weighted by Gasteiger charge is 2.30. The van der Waals surface area contributed by atoms with Gasteiger partial charge in [-0.15, -0.1) is 0 Å². The molecule has 0 aromatic heterocycles. The molecule has 0 aliphatic rings. The van der Waals surface area contributed by atoms with Crippen LogP contribution >= 0.6 is 0 Å². The fourth-order valence-electron chi connectivity index (χ4n) is 3.23. The van der Waals surface area contributed by atoms with Crippen molar-refractivity contribution in [3.05, 3.63) is 59.4 Å². The molecule has 0 aliphatic heterocycles. The molecule has 29 heavy (non-hydrogen) atoms. The lowest BCUT2D eigenvalue weighted by molar-refractivity contribution is -0.122.